The van der Waals surface area contributed by atoms with E-state index in [9.17, 15) is 4.79 Å². The van der Waals surface area contributed by atoms with Crippen LogP contribution in [0.2, 0.25) is 0 Å². The second-order valence-electron chi connectivity index (χ2n) is 4.32. The fourth-order valence-electron chi connectivity index (χ4n) is 1.84. The lowest BCUT2D eigenvalue weighted by molar-refractivity contribution is 0.979. The zero-order valence-corrected chi connectivity index (χ0v) is 12.3. The van der Waals surface area contributed by atoms with Crippen LogP contribution in [-0.2, 0) is 12.3 Å². The number of hydrogen-bond acceptors (Lipinski definition) is 5. The molecule has 0 radical (unpaired) electrons. The molecule has 0 saturated carbocycles. The third-order valence-electron chi connectivity index (χ3n) is 2.95. The van der Waals surface area contributed by atoms with Gasteiger partial charge in [-0.25, -0.2) is 4.98 Å². The van der Waals surface area contributed by atoms with Gasteiger partial charge in [0, 0.05) is 12.3 Å². The van der Waals surface area contributed by atoms with Gasteiger partial charge in [0.05, 0.1) is 5.39 Å². The number of H-pyrrole nitrogens is 1. The lowest BCUT2D eigenvalue weighted by atomic mass is 10.1. The number of aromatic amines is 1. The van der Waals surface area contributed by atoms with Crippen molar-refractivity contribution in [2.75, 3.05) is 0 Å². The summed E-state index contributed by atoms with van der Waals surface area (Å²) >= 11 is 3.01. The molecule has 0 aliphatic carbocycles. The minimum absolute atomic E-state index is 0.0720. The summed E-state index contributed by atoms with van der Waals surface area (Å²) in [5.41, 5.74) is 7.80. The number of nitrogens with zero attached hydrogens (tertiary/aromatic N) is 1. The van der Waals surface area contributed by atoms with E-state index < -0.39 is 0 Å². The summed E-state index contributed by atoms with van der Waals surface area (Å²) in [6, 6.07) is 9.95. The Morgan fingerprint density at radius 2 is 1.95 bits per heavy atom. The molecular weight excluding hydrogens is 290 g/mol. The van der Waals surface area contributed by atoms with Crippen LogP contribution in [0, 0.1) is 0 Å². The molecule has 0 bridgehead atoms. The number of nitrogens with two attached hydrogens (primary N) is 1. The van der Waals surface area contributed by atoms with Gasteiger partial charge in [0.1, 0.15) is 4.83 Å². The predicted molar refractivity (Wildman–Crippen MR) is 84.1 cm³/mol. The van der Waals surface area contributed by atoms with Gasteiger partial charge < -0.3 is 10.7 Å². The summed E-state index contributed by atoms with van der Waals surface area (Å²) in [7, 11) is 0. The van der Waals surface area contributed by atoms with Crippen LogP contribution in [0.4, 0.5) is 0 Å². The quantitative estimate of drug-likeness (QED) is 0.574. The van der Waals surface area contributed by atoms with Crippen molar-refractivity contribution >= 4 is 33.3 Å². The van der Waals surface area contributed by atoms with Crippen molar-refractivity contribution in [2.24, 2.45) is 5.73 Å². The van der Waals surface area contributed by atoms with E-state index in [1.54, 1.807) is 6.07 Å². The average Bonchev–Trinajstić information content (AvgIpc) is 2.94. The molecule has 102 valence electrons. The standard InChI is InChI=1S/C14H13N3OS2/c15-7-9-1-3-10(4-2-9)8-20-14-16-12(18)11-5-6-19-13(11)17-14/h1-6H,7-8,15H2,(H,16,17,18). The maximum absolute atomic E-state index is 11.8. The predicted octanol–water partition coefficient (Wildman–Crippen LogP) is 2.74. The van der Waals surface area contributed by atoms with Gasteiger partial charge in [-0.3, -0.25) is 4.79 Å². The molecule has 0 spiro atoms. The summed E-state index contributed by atoms with van der Waals surface area (Å²) < 4.78 is 0. The first-order valence-electron chi connectivity index (χ1n) is 6.14. The van der Waals surface area contributed by atoms with Crippen molar-refractivity contribution in [1.82, 2.24) is 9.97 Å². The molecule has 20 heavy (non-hydrogen) atoms. The highest BCUT2D eigenvalue weighted by molar-refractivity contribution is 7.98. The van der Waals surface area contributed by atoms with E-state index in [-0.39, 0.29) is 5.56 Å². The van der Waals surface area contributed by atoms with E-state index in [2.05, 4.69) is 22.1 Å². The Bertz CT molecular complexity index is 777. The Kier molecular flexibility index (Phi) is 3.86. The molecule has 6 heteroatoms. The van der Waals surface area contributed by atoms with E-state index in [4.69, 9.17) is 5.73 Å². The SMILES string of the molecule is NCc1ccc(CSc2nc3sccc3c(=O)[nH]2)cc1. The molecule has 3 rings (SSSR count). The van der Waals surface area contributed by atoms with E-state index >= 15 is 0 Å². The van der Waals surface area contributed by atoms with Gasteiger partial charge >= 0.3 is 0 Å². The van der Waals surface area contributed by atoms with Crippen LogP contribution in [0.1, 0.15) is 11.1 Å². The van der Waals surface area contributed by atoms with E-state index in [1.807, 2.05) is 17.5 Å². The number of aromatic nitrogens is 2. The monoisotopic (exact) mass is 303 g/mol. The van der Waals surface area contributed by atoms with Crippen LogP contribution in [0.25, 0.3) is 10.2 Å². The molecule has 2 aromatic heterocycles. The van der Waals surface area contributed by atoms with Crippen molar-refractivity contribution < 1.29 is 0 Å². The first-order chi connectivity index (χ1) is 9.76. The smallest absolute Gasteiger partial charge is 0.260 e. The highest BCUT2D eigenvalue weighted by atomic mass is 32.2. The number of rotatable bonds is 4. The lowest BCUT2D eigenvalue weighted by Gasteiger charge is -2.03. The summed E-state index contributed by atoms with van der Waals surface area (Å²) in [5, 5.41) is 3.20. The normalized spacial score (nSPS) is 11.1. The Labute approximate surface area is 124 Å². The topological polar surface area (TPSA) is 71.8 Å². The molecule has 0 aliphatic heterocycles. The van der Waals surface area contributed by atoms with Crippen molar-refractivity contribution in [2.45, 2.75) is 17.5 Å². The zero-order chi connectivity index (χ0) is 13.9. The summed E-state index contributed by atoms with van der Waals surface area (Å²) in [6.45, 7) is 0.553. The Morgan fingerprint density at radius 1 is 1.20 bits per heavy atom. The van der Waals surface area contributed by atoms with Crippen molar-refractivity contribution in [3.8, 4) is 0 Å². The second-order valence-corrected chi connectivity index (χ2v) is 6.18. The third kappa shape index (κ3) is 2.77. The highest BCUT2D eigenvalue weighted by Gasteiger charge is 2.05. The fourth-order valence-corrected chi connectivity index (χ4v) is 3.48. The molecular formula is C14H13N3OS2. The molecule has 2 heterocycles. The van der Waals surface area contributed by atoms with Crippen LogP contribution in [0.15, 0.2) is 45.7 Å². The Hall–Kier alpha value is -1.63. The molecule has 1 aromatic carbocycles. The van der Waals surface area contributed by atoms with Gasteiger partial charge in [-0.15, -0.1) is 11.3 Å². The number of fused-ring (bicyclic) bond motifs is 1. The van der Waals surface area contributed by atoms with Gasteiger partial charge in [-0.2, -0.15) is 0 Å². The van der Waals surface area contributed by atoms with E-state index in [0.717, 1.165) is 16.1 Å². The molecule has 0 aliphatic rings. The van der Waals surface area contributed by atoms with Gasteiger partial charge in [-0.05, 0) is 22.6 Å². The van der Waals surface area contributed by atoms with E-state index in [0.29, 0.717) is 17.1 Å². The van der Waals surface area contributed by atoms with Crippen LogP contribution in [-0.4, -0.2) is 9.97 Å². The van der Waals surface area contributed by atoms with Crippen LogP contribution in [0.5, 0.6) is 0 Å². The van der Waals surface area contributed by atoms with Crippen LogP contribution < -0.4 is 11.3 Å². The van der Waals surface area contributed by atoms with Gasteiger partial charge in [0.15, 0.2) is 5.16 Å². The summed E-state index contributed by atoms with van der Waals surface area (Å²) in [6.07, 6.45) is 0. The van der Waals surface area contributed by atoms with Gasteiger partial charge in [0.25, 0.3) is 5.56 Å². The maximum atomic E-state index is 11.8. The Morgan fingerprint density at radius 3 is 2.70 bits per heavy atom. The van der Waals surface area contributed by atoms with Crippen molar-refractivity contribution in [3.63, 3.8) is 0 Å². The van der Waals surface area contributed by atoms with E-state index in [1.165, 1.54) is 28.7 Å². The van der Waals surface area contributed by atoms with Crippen LogP contribution >= 0.6 is 23.1 Å². The largest absolute Gasteiger partial charge is 0.326 e. The molecule has 0 atom stereocenters. The number of benzene rings is 1. The first-order valence-corrected chi connectivity index (χ1v) is 8.01. The zero-order valence-electron chi connectivity index (χ0n) is 10.6. The third-order valence-corrected chi connectivity index (χ3v) is 4.70. The molecule has 4 nitrogen and oxygen atoms in total. The molecule has 3 N–H and O–H groups in total. The first kappa shape index (κ1) is 13.4. The number of thiophene rings is 1. The Balaban J connectivity index is 1.77. The fraction of sp³-hybridized carbons (Fsp3) is 0.143. The minimum atomic E-state index is -0.0720. The maximum Gasteiger partial charge on any atom is 0.260 e. The second kappa shape index (κ2) is 5.78. The van der Waals surface area contributed by atoms with Crippen molar-refractivity contribution in [3.05, 3.63) is 57.2 Å². The average molecular weight is 303 g/mol. The molecule has 3 aromatic rings. The van der Waals surface area contributed by atoms with Crippen molar-refractivity contribution in [1.29, 1.82) is 0 Å². The highest BCUT2D eigenvalue weighted by Crippen LogP contribution is 2.22. The number of nitrogens with one attached hydrogen (secondary N) is 1. The lowest BCUT2D eigenvalue weighted by Crippen LogP contribution is -2.07. The molecule has 0 unspecified atom stereocenters. The minimum Gasteiger partial charge on any atom is -0.326 e. The molecule has 0 amide bonds. The van der Waals surface area contributed by atoms with Crippen LogP contribution in [0.3, 0.4) is 0 Å². The molecule has 0 saturated heterocycles. The van der Waals surface area contributed by atoms with Gasteiger partial charge in [-0.1, -0.05) is 36.0 Å². The van der Waals surface area contributed by atoms with Gasteiger partial charge in [0.2, 0.25) is 0 Å². The summed E-state index contributed by atoms with van der Waals surface area (Å²) in [5.74, 6) is 0.769. The molecule has 0 fully saturated rings. The number of hydrogen-bond donors (Lipinski definition) is 2. The number of thioether (sulfide) groups is 1. The summed E-state index contributed by atoms with van der Waals surface area (Å²) in [4.78, 5) is 19.9.